The maximum atomic E-state index is 12.7. The van der Waals surface area contributed by atoms with Crippen LogP contribution in [0.4, 0.5) is 5.69 Å². The Morgan fingerprint density at radius 3 is 2.74 bits per heavy atom. The van der Waals surface area contributed by atoms with Crippen LogP contribution < -0.4 is 4.90 Å². The number of hydrogen-bond acceptors (Lipinski definition) is 3. The average Bonchev–Trinajstić information content (AvgIpc) is 3.11. The largest absolute Gasteiger partial charge is 0.341 e. The fourth-order valence-corrected chi connectivity index (χ4v) is 3.60. The number of likely N-dealkylation sites (tertiary alicyclic amines) is 1. The molecule has 2 saturated heterocycles. The Morgan fingerprint density at radius 2 is 2.04 bits per heavy atom. The standard InChI is InChI=1S/C17H22ClN3O2/c1-19(11-12-20-9-4-7-16(20)22)15-8-10-21(17(15)23)14-6-3-2-5-13(14)18/h2-3,5-6,15H,4,7-12H2,1H3/t15-/m0/s1. The number of nitrogens with zero attached hydrogens (tertiary/aromatic N) is 3. The summed E-state index contributed by atoms with van der Waals surface area (Å²) in [7, 11) is 1.96. The van der Waals surface area contributed by atoms with Crippen LogP contribution in [0.3, 0.4) is 0 Å². The van der Waals surface area contributed by atoms with Crippen LogP contribution in [0.2, 0.25) is 5.02 Å². The monoisotopic (exact) mass is 335 g/mol. The van der Waals surface area contributed by atoms with Gasteiger partial charge in [0.05, 0.1) is 16.8 Å². The van der Waals surface area contributed by atoms with Crippen LogP contribution in [0.5, 0.6) is 0 Å². The molecule has 2 amide bonds. The van der Waals surface area contributed by atoms with Gasteiger partial charge in [-0.25, -0.2) is 0 Å². The average molecular weight is 336 g/mol. The third-order valence-electron chi connectivity index (χ3n) is 4.75. The summed E-state index contributed by atoms with van der Waals surface area (Å²) in [6.45, 7) is 2.95. The number of halogens is 1. The molecule has 0 bridgehead atoms. The van der Waals surface area contributed by atoms with E-state index >= 15 is 0 Å². The number of para-hydroxylation sites is 1. The molecule has 6 heteroatoms. The van der Waals surface area contributed by atoms with Crippen LogP contribution in [0.15, 0.2) is 24.3 Å². The van der Waals surface area contributed by atoms with Gasteiger partial charge >= 0.3 is 0 Å². The molecule has 0 aromatic heterocycles. The van der Waals surface area contributed by atoms with E-state index < -0.39 is 0 Å². The predicted octanol–water partition coefficient (Wildman–Crippen LogP) is 2.00. The minimum atomic E-state index is -0.135. The van der Waals surface area contributed by atoms with Gasteiger partial charge in [-0.2, -0.15) is 0 Å². The Kier molecular flexibility index (Phi) is 4.87. The van der Waals surface area contributed by atoms with E-state index in [1.807, 2.05) is 30.1 Å². The third-order valence-corrected chi connectivity index (χ3v) is 5.07. The molecule has 0 radical (unpaired) electrons. The molecular weight excluding hydrogens is 314 g/mol. The topological polar surface area (TPSA) is 43.9 Å². The molecule has 0 aliphatic carbocycles. The molecule has 5 nitrogen and oxygen atoms in total. The molecule has 3 rings (SSSR count). The number of anilines is 1. The lowest BCUT2D eigenvalue weighted by Gasteiger charge is -2.26. The van der Waals surface area contributed by atoms with Gasteiger partial charge in [0.1, 0.15) is 0 Å². The molecule has 2 fully saturated rings. The lowest BCUT2D eigenvalue weighted by molar-refractivity contribution is -0.127. The fourth-order valence-electron chi connectivity index (χ4n) is 3.36. The summed E-state index contributed by atoms with van der Waals surface area (Å²) >= 11 is 6.21. The molecular formula is C17H22ClN3O2. The first-order valence-electron chi connectivity index (χ1n) is 8.12. The SMILES string of the molecule is CN(CCN1CCCC1=O)[C@H]1CCN(c2ccccc2Cl)C1=O. The van der Waals surface area contributed by atoms with E-state index in [0.717, 1.165) is 31.6 Å². The second kappa shape index (κ2) is 6.89. The van der Waals surface area contributed by atoms with E-state index in [0.29, 0.717) is 24.5 Å². The molecule has 0 unspecified atom stereocenters. The smallest absolute Gasteiger partial charge is 0.244 e. The maximum absolute atomic E-state index is 12.7. The first-order valence-corrected chi connectivity index (χ1v) is 8.49. The Morgan fingerprint density at radius 1 is 1.26 bits per heavy atom. The van der Waals surface area contributed by atoms with Crippen LogP contribution in [0.25, 0.3) is 0 Å². The van der Waals surface area contributed by atoms with Crippen molar-refractivity contribution >= 4 is 29.1 Å². The van der Waals surface area contributed by atoms with Crippen molar-refractivity contribution in [2.45, 2.75) is 25.3 Å². The number of hydrogen-bond donors (Lipinski definition) is 0. The van der Waals surface area contributed by atoms with Crippen molar-refractivity contribution in [1.29, 1.82) is 0 Å². The molecule has 0 spiro atoms. The lowest BCUT2D eigenvalue weighted by atomic mass is 10.2. The quantitative estimate of drug-likeness (QED) is 0.826. The van der Waals surface area contributed by atoms with Crippen molar-refractivity contribution in [2.24, 2.45) is 0 Å². The van der Waals surface area contributed by atoms with E-state index in [-0.39, 0.29) is 17.9 Å². The van der Waals surface area contributed by atoms with Gasteiger partial charge in [-0.1, -0.05) is 23.7 Å². The second-order valence-electron chi connectivity index (χ2n) is 6.21. The Labute approximate surface area is 141 Å². The lowest BCUT2D eigenvalue weighted by Crippen LogP contribution is -2.43. The molecule has 1 aromatic rings. The van der Waals surface area contributed by atoms with Crippen molar-refractivity contribution in [1.82, 2.24) is 9.80 Å². The predicted molar refractivity (Wildman–Crippen MR) is 90.7 cm³/mol. The fraction of sp³-hybridized carbons (Fsp3) is 0.529. The van der Waals surface area contributed by atoms with Gasteiger partial charge in [0.15, 0.2) is 0 Å². The van der Waals surface area contributed by atoms with Crippen molar-refractivity contribution in [2.75, 3.05) is 38.1 Å². The van der Waals surface area contributed by atoms with Crippen LogP contribution in [-0.4, -0.2) is 60.9 Å². The van der Waals surface area contributed by atoms with Crippen molar-refractivity contribution in [3.05, 3.63) is 29.3 Å². The number of carbonyl (C=O) groups is 2. The van der Waals surface area contributed by atoms with E-state index in [4.69, 9.17) is 11.6 Å². The Hall–Kier alpha value is -1.59. The summed E-state index contributed by atoms with van der Waals surface area (Å²) < 4.78 is 0. The van der Waals surface area contributed by atoms with E-state index in [9.17, 15) is 9.59 Å². The van der Waals surface area contributed by atoms with Crippen molar-refractivity contribution in [3.8, 4) is 0 Å². The van der Waals surface area contributed by atoms with Gasteiger partial charge in [-0.3, -0.25) is 14.5 Å². The molecule has 23 heavy (non-hydrogen) atoms. The molecule has 124 valence electrons. The highest BCUT2D eigenvalue weighted by atomic mass is 35.5. The van der Waals surface area contributed by atoms with Gasteiger partial charge in [0.25, 0.3) is 0 Å². The molecule has 2 aliphatic rings. The third kappa shape index (κ3) is 3.35. The molecule has 1 aromatic carbocycles. The zero-order valence-corrected chi connectivity index (χ0v) is 14.1. The number of likely N-dealkylation sites (N-methyl/N-ethyl adjacent to an activating group) is 1. The van der Waals surface area contributed by atoms with Crippen LogP contribution >= 0.6 is 11.6 Å². The van der Waals surface area contributed by atoms with Crippen LogP contribution in [0, 0.1) is 0 Å². The summed E-state index contributed by atoms with van der Waals surface area (Å²) in [5.41, 5.74) is 0.782. The Bertz CT molecular complexity index is 607. The second-order valence-corrected chi connectivity index (χ2v) is 6.62. The zero-order valence-electron chi connectivity index (χ0n) is 13.4. The van der Waals surface area contributed by atoms with Crippen LogP contribution in [0.1, 0.15) is 19.3 Å². The van der Waals surface area contributed by atoms with Crippen LogP contribution in [-0.2, 0) is 9.59 Å². The van der Waals surface area contributed by atoms with E-state index in [1.54, 1.807) is 11.0 Å². The zero-order chi connectivity index (χ0) is 16.4. The molecule has 0 saturated carbocycles. The summed E-state index contributed by atoms with van der Waals surface area (Å²) in [4.78, 5) is 30.1. The summed E-state index contributed by atoms with van der Waals surface area (Å²) in [5, 5.41) is 0.604. The normalized spacial score (nSPS) is 21.8. The molecule has 2 aliphatic heterocycles. The highest BCUT2D eigenvalue weighted by Crippen LogP contribution is 2.30. The summed E-state index contributed by atoms with van der Waals surface area (Å²) in [5.74, 6) is 0.321. The summed E-state index contributed by atoms with van der Waals surface area (Å²) in [6, 6.07) is 7.31. The summed E-state index contributed by atoms with van der Waals surface area (Å²) in [6.07, 6.45) is 2.39. The highest BCUT2D eigenvalue weighted by molar-refractivity contribution is 6.33. The van der Waals surface area contributed by atoms with E-state index in [2.05, 4.69) is 4.90 Å². The number of amides is 2. The first-order chi connectivity index (χ1) is 11.1. The minimum absolute atomic E-state index is 0.0911. The molecule has 2 heterocycles. The molecule has 0 N–H and O–H groups in total. The first kappa shape index (κ1) is 16.3. The van der Waals surface area contributed by atoms with Crippen molar-refractivity contribution < 1.29 is 9.59 Å². The maximum Gasteiger partial charge on any atom is 0.244 e. The number of benzene rings is 1. The van der Waals surface area contributed by atoms with Gasteiger partial charge in [-0.05, 0) is 32.0 Å². The minimum Gasteiger partial charge on any atom is -0.341 e. The molecule has 1 atom stereocenters. The number of carbonyl (C=O) groups excluding carboxylic acids is 2. The van der Waals surface area contributed by atoms with Gasteiger partial charge in [-0.15, -0.1) is 0 Å². The van der Waals surface area contributed by atoms with Crippen molar-refractivity contribution in [3.63, 3.8) is 0 Å². The van der Waals surface area contributed by atoms with Gasteiger partial charge < -0.3 is 9.80 Å². The Balaban J connectivity index is 1.60. The highest BCUT2D eigenvalue weighted by Gasteiger charge is 2.36. The van der Waals surface area contributed by atoms with Gasteiger partial charge in [0.2, 0.25) is 11.8 Å². The van der Waals surface area contributed by atoms with E-state index in [1.165, 1.54) is 0 Å². The number of rotatable bonds is 5. The van der Waals surface area contributed by atoms with Gasteiger partial charge in [0, 0.05) is 32.6 Å².